The van der Waals surface area contributed by atoms with Gasteiger partial charge in [-0.3, -0.25) is 0 Å². The van der Waals surface area contributed by atoms with Gasteiger partial charge < -0.3 is 14.8 Å². The molecule has 3 aromatic rings. The van der Waals surface area contributed by atoms with Crippen LogP contribution in [0, 0.1) is 0 Å². The maximum Gasteiger partial charge on any atom is 0.407 e. The van der Waals surface area contributed by atoms with Crippen LogP contribution in [-0.4, -0.2) is 25.9 Å². The minimum absolute atomic E-state index is 0.0133. The fourth-order valence-electron chi connectivity index (χ4n) is 3.94. The number of alkyl halides is 2. The Labute approximate surface area is 185 Å². The highest BCUT2D eigenvalue weighted by molar-refractivity contribution is 5.79. The summed E-state index contributed by atoms with van der Waals surface area (Å²) in [6.45, 7) is -2.25. The van der Waals surface area contributed by atoms with Crippen molar-refractivity contribution >= 4 is 12.2 Å². The van der Waals surface area contributed by atoms with Crippen molar-refractivity contribution < 1.29 is 23.0 Å². The molecule has 0 fully saturated rings. The lowest BCUT2D eigenvalue weighted by Crippen LogP contribution is -2.26. The molecule has 1 amide bonds. The highest BCUT2D eigenvalue weighted by Crippen LogP contribution is 2.44. The Kier molecular flexibility index (Phi) is 6.80. The second-order valence-corrected chi connectivity index (χ2v) is 7.36. The minimum Gasteiger partial charge on any atom is -0.449 e. The number of ether oxygens (including phenoxy) is 2. The van der Waals surface area contributed by atoms with Crippen LogP contribution in [0.2, 0.25) is 0 Å². The number of para-hydroxylation sites is 1. The Morgan fingerprint density at radius 2 is 1.56 bits per heavy atom. The zero-order valence-electron chi connectivity index (χ0n) is 17.3. The van der Waals surface area contributed by atoms with Crippen molar-refractivity contribution in [3.63, 3.8) is 0 Å². The van der Waals surface area contributed by atoms with Crippen molar-refractivity contribution in [3.05, 3.63) is 95.6 Å². The van der Waals surface area contributed by atoms with E-state index in [1.54, 1.807) is 30.4 Å². The van der Waals surface area contributed by atoms with Gasteiger partial charge in [0.15, 0.2) is 0 Å². The number of hydrogen-bond donors (Lipinski definition) is 1. The molecule has 0 radical (unpaired) electrons. The highest BCUT2D eigenvalue weighted by atomic mass is 19.3. The molecule has 1 aliphatic rings. The van der Waals surface area contributed by atoms with Crippen molar-refractivity contribution in [2.24, 2.45) is 0 Å². The van der Waals surface area contributed by atoms with Gasteiger partial charge in [0, 0.05) is 18.0 Å². The fourth-order valence-corrected chi connectivity index (χ4v) is 3.94. The number of halogens is 2. The molecular weight excluding hydrogens is 412 g/mol. The van der Waals surface area contributed by atoms with Crippen molar-refractivity contribution in [2.45, 2.75) is 19.0 Å². The van der Waals surface area contributed by atoms with Gasteiger partial charge in [-0.25, -0.2) is 4.79 Å². The van der Waals surface area contributed by atoms with Gasteiger partial charge >= 0.3 is 12.7 Å². The predicted octanol–water partition coefficient (Wildman–Crippen LogP) is 6.23. The average molecular weight is 435 g/mol. The third-order valence-corrected chi connectivity index (χ3v) is 5.36. The summed E-state index contributed by atoms with van der Waals surface area (Å²) in [5.41, 5.74) is 5.23. The summed E-state index contributed by atoms with van der Waals surface area (Å²) in [6.07, 6.45) is 3.52. The number of carbonyl (C=O) groups excluding carboxylic acids is 1. The zero-order chi connectivity index (χ0) is 22.3. The summed E-state index contributed by atoms with van der Waals surface area (Å²) in [7, 11) is 0. The lowest BCUT2D eigenvalue weighted by Gasteiger charge is -2.14. The molecule has 3 aromatic carbocycles. The summed E-state index contributed by atoms with van der Waals surface area (Å²) < 4.78 is 34.9. The molecule has 0 unspecified atom stereocenters. The van der Waals surface area contributed by atoms with E-state index in [2.05, 4.69) is 34.3 Å². The SMILES string of the molecule is O=C(NCCC=Cc1ccccc1OC(F)F)OCC1c2ccccc2-c2ccccc21. The molecule has 0 saturated carbocycles. The van der Waals surface area contributed by atoms with Crippen LogP contribution in [-0.2, 0) is 4.74 Å². The van der Waals surface area contributed by atoms with Gasteiger partial charge in [0.25, 0.3) is 0 Å². The second-order valence-electron chi connectivity index (χ2n) is 7.36. The summed E-state index contributed by atoms with van der Waals surface area (Å²) in [5, 5.41) is 2.72. The van der Waals surface area contributed by atoms with Crippen LogP contribution in [0.1, 0.15) is 29.0 Å². The standard InChI is InChI=1S/C26H23F2NO3/c27-25(28)32-24-15-6-1-9-18(24)10-7-8-16-29-26(30)31-17-23-21-13-4-2-11-19(21)20-12-3-5-14-22(20)23/h1-7,9-15,23,25H,8,16-17H2,(H,29,30). The first kappa shape index (κ1) is 21.6. The fraction of sp³-hybridized carbons (Fsp3) is 0.192. The van der Waals surface area contributed by atoms with Crippen molar-refractivity contribution in [1.29, 1.82) is 0 Å². The Hall–Kier alpha value is -3.67. The van der Waals surface area contributed by atoms with Crippen LogP contribution in [0.5, 0.6) is 5.75 Å². The topological polar surface area (TPSA) is 47.6 Å². The Morgan fingerprint density at radius 3 is 2.25 bits per heavy atom. The summed E-state index contributed by atoms with van der Waals surface area (Å²) in [5.74, 6) is 0.127. The molecule has 0 aromatic heterocycles. The molecule has 1 N–H and O–H groups in total. The van der Waals surface area contributed by atoms with E-state index in [4.69, 9.17) is 4.74 Å². The van der Waals surface area contributed by atoms with Crippen molar-refractivity contribution in [2.75, 3.05) is 13.2 Å². The van der Waals surface area contributed by atoms with Crippen LogP contribution in [0.3, 0.4) is 0 Å². The molecule has 0 spiro atoms. The Morgan fingerprint density at radius 1 is 0.938 bits per heavy atom. The highest BCUT2D eigenvalue weighted by Gasteiger charge is 2.28. The number of nitrogens with one attached hydrogen (secondary N) is 1. The van der Waals surface area contributed by atoms with Crippen LogP contribution < -0.4 is 10.1 Å². The van der Waals surface area contributed by atoms with Gasteiger partial charge in [-0.05, 0) is 34.7 Å². The minimum atomic E-state index is -2.88. The molecule has 0 atom stereocenters. The maximum absolute atomic E-state index is 12.5. The molecule has 4 rings (SSSR count). The molecule has 1 aliphatic carbocycles. The smallest absolute Gasteiger partial charge is 0.407 e. The van der Waals surface area contributed by atoms with Gasteiger partial charge in [0.1, 0.15) is 12.4 Å². The van der Waals surface area contributed by atoms with Gasteiger partial charge in [-0.2, -0.15) is 8.78 Å². The first-order valence-corrected chi connectivity index (χ1v) is 10.4. The molecule has 0 saturated heterocycles. The number of rotatable bonds is 8. The summed E-state index contributed by atoms with van der Waals surface area (Å²) in [4.78, 5) is 12.2. The number of alkyl carbamates (subject to hydrolysis) is 1. The van der Waals surface area contributed by atoms with Crippen LogP contribution >= 0.6 is 0 Å². The van der Waals surface area contributed by atoms with E-state index < -0.39 is 12.7 Å². The van der Waals surface area contributed by atoms with Gasteiger partial charge in [0.2, 0.25) is 0 Å². The average Bonchev–Trinajstić information content (AvgIpc) is 3.12. The molecule has 0 aliphatic heterocycles. The summed E-state index contributed by atoms with van der Waals surface area (Å²) in [6, 6.07) is 22.9. The normalized spacial score (nSPS) is 12.6. The third-order valence-electron chi connectivity index (χ3n) is 5.36. The van der Waals surface area contributed by atoms with E-state index >= 15 is 0 Å². The van der Waals surface area contributed by atoms with E-state index in [0.29, 0.717) is 18.5 Å². The molecule has 0 bridgehead atoms. The van der Waals surface area contributed by atoms with Gasteiger partial charge in [-0.1, -0.05) is 78.9 Å². The molecular formula is C26H23F2NO3. The molecule has 0 heterocycles. The molecule has 32 heavy (non-hydrogen) atoms. The monoisotopic (exact) mass is 435 g/mol. The van der Waals surface area contributed by atoms with E-state index in [0.717, 1.165) is 11.1 Å². The van der Waals surface area contributed by atoms with E-state index in [-0.39, 0.29) is 18.3 Å². The van der Waals surface area contributed by atoms with E-state index in [1.165, 1.54) is 17.2 Å². The van der Waals surface area contributed by atoms with E-state index in [1.807, 2.05) is 24.3 Å². The number of hydrogen-bond acceptors (Lipinski definition) is 3. The quantitative estimate of drug-likeness (QED) is 0.427. The Bertz CT molecular complexity index is 1070. The number of carbonyl (C=O) groups is 1. The first-order chi connectivity index (χ1) is 15.6. The van der Waals surface area contributed by atoms with Gasteiger partial charge in [-0.15, -0.1) is 0 Å². The lowest BCUT2D eigenvalue weighted by molar-refractivity contribution is -0.0499. The lowest BCUT2D eigenvalue weighted by atomic mass is 9.98. The van der Waals surface area contributed by atoms with Crippen molar-refractivity contribution in [3.8, 4) is 16.9 Å². The van der Waals surface area contributed by atoms with E-state index in [9.17, 15) is 13.6 Å². The molecule has 164 valence electrons. The molecule has 6 heteroatoms. The number of benzene rings is 3. The molecule has 4 nitrogen and oxygen atoms in total. The largest absolute Gasteiger partial charge is 0.449 e. The zero-order valence-corrected chi connectivity index (χ0v) is 17.3. The maximum atomic E-state index is 12.5. The summed E-state index contributed by atoms with van der Waals surface area (Å²) >= 11 is 0. The number of fused-ring (bicyclic) bond motifs is 3. The van der Waals surface area contributed by atoms with Gasteiger partial charge in [0.05, 0.1) is 0 Å². The number of amides is 1. The van der Waals surface area contributed by atoms with Crippen molar-refractivity contribution in [1.82, 2.24) is 5.32 Å². The predicted molar refractivity (Wildman–Crippen MR) is 120 cm³/mol. The third kappa shape index (κ3) is 4.97. The first-order valence-electron chi connectivity index (χ1n) is 10.4. The van der Waals surface area contributed by atoms with Crippen LogP contribution in [0.4, 0.5) is 13.6 Å². The second kappa shape index (κ2) is 10.1. The Balaban J connectivity index is 1.27. The van der Waals surface area contributed by atoms with Crippen LogP contribution in [0.15, 0.2) is 78.9 Å². The van der Waals surface area contributed by atoms with Crippen LogP contribution in [0.25, 0.3) is 17.2 Å².